The van der Waals surface area contributed by atoms with E-state index in [1.807, 2.05) is 0 Å². The fraction of sp³-hybridized carbons (Fsp3) is 0. The molecule has 0 amide bonds. The highest BCUT2D eigenvalue weighted by atomic mass is 14.2. The molecular weight excluding hydrogens is 601 g/mol. The maximum Gasteiger partial charge on any atom is -0.00201 e. The summed E-state index contributed by atoms with van der Waals surface area (Å²) >= 11 is 0. The van der Waals surface area contributed by atoms with Crippen LogP contribution in [0.15, 0.2) is 194 Å². The first-order valence-corrected chi connectivity index (χ1v) is 17.4. The molecule has 10 rings (SSSR count). The van der Waals surface area contributed by atoms with Crippen LogP contribution in [-0.4, -0.2) is 0 Å². The molecule has 0 bridgehead atoms. The molecule has 0 saturated heterocycles. The van der Waals surface area contributed by atoms with Crippen molar-refractivity contribution in [3.05, 3.63) is 194 Å². The highest BCUT2D eigenvalue weighted by Crippen LogP contribution is 2.47. The second kappa shape index (κ2) is 11.6. The summed E-state index contributed by atoms with van der Waals surface area (Å²) in [5, 5.41) is 12.6. The molecule has 10 aromatic carbocycles. The van der Waals surface area contributed by atoms with Gasteiger partial charge in [-0.25, -0.2) is 0 Å². The SMILES string of the molecule is c1cc(-c2cccc3ccccc23)cc(-c2c3ccccc3c(-c3cccc4ccccc34)c3ccc(-c4cccc5ccccc45)cc23)c1. The van der Waals surface area contributed by atoms with Gasteiger partial charge in [-0.3, -0.25) is 0 Å². The molecule has 0 saturated carbocycles. The van der Waals surface area contributed by atoms with Crippen LogP contribution < -0.4 is 0 Å². The van der Waals surface area contributed by atoms with Crippen molar-refractivity contribution in [2.45, 2.75) is 0 Å². The summed E-state index contributed by atoms with van der Waals surface area (Å²) in [5.41, 5.74) is 9.98. The minimum atomic E-state index is 1.22. The maximum atomic E-state index is 2.44. The van der Waals surface area contributed by atoms with Crippen LogP contribution >= 0.6 is 0 Å². The molecule has 10 aromatic rings. The lowest BCUT2D eigenvalue weighted by molar-refractivity contribution is 1.63. The molecule has 0 aromatic heterocycles. The van der Waals surface area contributed by atoms with Crippen molar-refractivity contribution in [1.82, 2.24) is 0 Å². The zero-order valence-electron chi connectivity index (χ0n) is 27.5. The Morgan fingerprint density at radius 1 is 0.200 bits per heavy atom. The Hall–Kier alpha value is -6.50. The van der Waals surface area contributed by atoms with E-state index >= 15 is 0 Å². The van der Waals surface area contributed by atoms with Crippen molar-refractivity contribution in [3.63, 3.8) is 0 Å². The Balaban J connectivity index is 1.32. The van der Waals surface area contributed by atoms with Crippen LogP contribution in [0.4, 0.5) is 0 Å². The summed E-state index contributed by atoms with van der Waals surface area (Å²) in [6.07, 6.45) is 0. The minimum absolute atomic E-state index is 1.22. The van der Waals surface area contributed by atoms with Crippen molar-refractivity contribution < 1.29 is 0 Å². The molecule has 0 nitrogen and oxygen atoms in total. The Bertz CT molecular complexity index is 2910. The molecule has 0 radical (unpaired) electrons. The van der Waals surface area contributed by atoms with Crippen molar-refractivity contribution in [3.8, 4) is 44.5 Å². The quantitative estimate of drug-likeness (QED) is 0.169. The summed E-state index contributed by atoms with van der Waals surface area (Å²) in [6, 6.07) is 71.4. The first-order valence-electron chi connectivity index (χ1n) is 17.4. The summed E-state index contributed by atoms with van der Waals surface area (Å²) in [6.45, 7) is 0. The van der Waals surface area contributed by atoms with Gasteiger partial charge in [-0.1, -0.05) is 182 Å². The monoisotopic (exact) mass is 632 g/mol. The lowest BCUT2D eigenvalue weighted by Crippen LogP contribution is -1.93. The lowest BCUT2D eigenvalue weighted by atomic mass is 9.83. The first kappa shape index (κ1) is 28.5. The summed E-state index contributed by atoms with van der Waals surface area (Å²) < 4.78 is 0. The predicted octanol–water partition coefficient (Wildman–Crippen LogP) is 14.1. The van der Waals surface area contributed by atoms with E-state index in [-0.39, 0.29) is 0 Å². The third-order valence-electron chi connectivity index (χ3n) is 10.4. The van der Waals surface area contributed by atoms with Gasteiger partial charge in [0.25, 0.3) is 0 Å². The Morgan fingerprint density at radius 3 is 1.20 bits per heavy atom. The molecule has 0 aliphatic carbocycles. The molecule has 0 fully saturated rings. The van der Waals surface area contributed by atoms with E-state index < -0.39 is 0 Å². The molecular formula is C50H32. The van der Waals surface area contributed by atoms with Crippen LogP contribution in [0.3, 0.4) is 0 Å². The molecule has 232 valence electrons. The van der Waals surface area contributed by atoms with Crippen LogP contribution in [0.25, 0.3) is 98.4 Å². The van der Waals surface area contributed by atoms with Gasteiger partial charge < -0.3 is 0 Å². The third-order valence-corrected chi connectivity index (χ3v) is 10.4. The standard InChI is InChI=1S/C50H32/c1-4-21-39-33(13-1)16-10-26-42(39)36-19-9-20-38(31-36)49-45-24-7-8-25-46(45)50(44-28-12-18-35-15-3-6-23-41(35)44)47-30-29-37(32-48(47)49)43-27-11-17-34-14-2-5-22-40(34)43/h1-32H. The molecule has 0 aliphatic heterocycles. The normalized spacial score (nSPS) is 11.6. The lowest BCUT2D eigenvalue weighted by Gasteiger charge is -2.20. The van der Waals surface area contributed by atoms with Crippen molar-refractivity contribution in [2.24, 2.45) is 0 Å². The van der Waals surface area contributed by atoms with Crippen LogP contribution in [0.5, 0.6) is 0 Å². The zero-order valence-corrected chi connectivity index (χ0v) is 27.5. The maximum absolute atomic E-state index is 2.44. The van der Waals surface area contributed by atoms with Crippen LogP contribution in [0, 0.1) is 0 Å². The highest BCUT2D eigenvalue weighted by Gasteiger charge is 2.19. The van der Waals surface area contributed by atoms with Gasteiger partial charge in [-0.15, -0.1) is 0 Å². The molecule has 0 N–H and O–H groups in total. The second-order valence-electron chi connectivity index (χ2n) is 13.2. The number of hydrogen-bond donors (Lipinski definition) is 0. The van der Waals surface area contributed by atoms with Gasteiger partial charge in [0.05, 0.1) is 0 Å². The molecule has 50 heavy (non-hydrogen) atoms. The van der Waals surface area contributed by atoms with Crippen molar-refractivity contribution in [1.29, 1.82) is 0 Å². The summed E-state index contributed by atoms with van der Waals surface area (Å²) in [7, 11) is 0. The summed E-state index contributed by atoms with van der Waals surface area (Å²) in [5.74, 6) is 0. The molecule has 0 heterocycles. The van der Waals surface area contributed by atoms with Gasteiger partial charge in [-0.05, 0) is 111 Å². The Morgan fingerprint density at radius 2 is 0.600 bits per heavy atom. The zero-order chi connectivity index (χ0) is 33.0. The number of rotatable bonds is 4. The summed E-state index contributed by atoms with van der Waals surface area (Å²) in [4.78, 5) is 0. The van der Waals surface area contributed by atoms with Gasteiger partial charge >= 0.3 is 0 Å². The first-order chi connectivity index (χ1) is 24.8. The Labute approximate surface area is 291 Å². The molecule has 0 spiro atoms. The van der Waals surface area contributed by atoms with E-state index in [9.17, 15) is 0 Å². The van der Waals surface area contributed by atoms with E-state index in [2.05, 4.69) is 194 Å². The fourth-order valence-electron chi connectivity index (χ4n) is 8.19. The number of hydrogen-bond acceptors (Lipinski definition) is 0. The van der Waals surface area contributed by atoms with Crippen LogP contribution in [0.1, 0.15) is 0 Å². The van der Waals surface area contributed by atoms with E-state index in [0.29, 0.717) is 0 Å². The topological polar surface area (TPSA) is 0 Å². The van der Waals surface area contributed by atoms with Crippen LogP contribution in [-0.2, 0) is 0 Å². The van der Waals surface area contributed by atoms with Gasteiger partial charge in [0.2, 0.25) is 0 Å². The van der Waals surface area contributed by atoms with Gasteiger partial charge in [-0.2, -0.15) is 0 Å². The minimum Gasteiger partial charge on any atom is -0.0616 e. The van der Waals surface area contributed by atoms with Gasteiger partial charge in [0, 0.05) is 0 Å². The van der Waals surface area contributed by atoms with Gasteiger partial charge in [0.15, 0.2) is 0 Å². The van der Waals surface area contributed by atoms with E-state index in [1.54, 1.807) is 0 Å². The van der Waals surface area contributed by atoms with Gasteiger partial charge in [0.1, 0.15) is 0 Å². The number of benzene rings is 10. The van der Waals surface area contributed by atoms with Crippen molar-refractivity contribution >= 4 is 53.9 Å². The van der Waals surface area contributed by atoms with E-state index in [0.717, 1.165) is 0 Å². The second-order valence-corrected chi connectivity index (χ2v) is 13.2. The predicted molar refractivity (Wildman–Crippen MR) is 216 cm³/mol. The fourth-order valence-corrected chi connectivity index (χ4v) is 8.19. The third kappa shape index (κ3) is 4.54. The smallest absolute Gasteiger partial charge is 0.00201 e. The highest BCUT2D eigenvalue weighted by molar-refractivity contribution is 6.24. The molecule has 0 atom stereocenters. The number of fused-ring (bicyclic) bond motifs is 5. The average molecular weight is 633 g/mol. The Kier molecular flexibility index (Phi) is 6.60. The average Bonchev–Trinajstić information content (AvgIpc) is 3.19. The molecule has 0 heteroatoms. The molecule has 0 unspecified atom stereocenters. The molecule has 0 aliphatic rings. The van der Waals surface area contributed by atoms with Crippen molar-refractivity contribution in [2.75, 3.05) is 0 Å². The van der Waals surface area contributed by atoms with Crippen LogP contribution in [0.2, 0.25) is 0 Å². The van der Waals surface area contributed by atoms with E-state index in [4.69, 9.17) is 0 Å². The largest absolute Gasteiger partial charge is 0.0616 e. The van der Waals surface area contributed by atoms with E-state index in [1.165, 1.54) is 98.4 Å².